The molecule has 1 atom stereocenters. The Labute approximate surface area is 156 Å². The molecule has 1 aromatic heterocycles. The van der Waals surface area contributed by atoms with Gasteiger partial charge in [-0.1, -0.05) is 43.7 Å². The summed E-state index contributed by atoms with van der Waals surface area (Å²) >= 11 is 0. The molecule has 1 N–H and O–H groups in total. The number of aliphatic hydroxyl groups is 1. The van der Waals surface area contributed by atoms with Crippen molar-refractivity contribution in [3.63, 3.8) is 0 Å². The molecule has 0 bridgehead atoms. The van der Waals surface area contributed by atoms with Gasteiger partial charge in [0.15, 0.2) is 0 Å². The third-order valence-electron chi connectivity index (χ3n) is 5.64. The van der Waals surface area contributed by atoms with E-state index in [2.05, 4.69) is 63.5 Å². The number of rotatable bonds is 5. The molecule has 1 unspecified atom stereocenters. The molecule has 0 aliphatic rings. The molecule has 138 valence electrons. The number of nitrogens with zero attached hydrogens (tertiary/aromatic N) is 2. The minimum Gasteiger partial charge on any atom is -0.380 e. The first kappa shape index (κ1) is 18.7. The Bertz CT molecular complexity index is 912. The molecule has 3 rings (SSSR count). The first-order valence-electron chi connectivity index (χ1n) is 9.60. The zero-order valence-corrected chi connectivity index (χ0v) is 16.8. The fraction of sp³-hybridized carbons (Fsp3) is 0.435. The quantitative estimate of drug-likeness (QED) is 0.661. The van der Waals surface area contributed by atoms with Crippen LogP contribution in [0.3, 0.4) is 0 Å². The van der Waals surface area contributed by atoms with Gasteiger partial charge >= 0.3 is 0 Å². The average molecular weight is 351 g/mol. The number of benzene rings is 2. The van der Waals surface area contributed by atoms with E-state index in [1.165, 1.54) is 11.1 Å². The van der Waals surface area contributed by atoms with E-state index >= 15 is 0 Å². The van der Waals surface area contributed by atoms with Crippen LogP contribution in [0.1, 0.15) is 72.4 Å². The summed E-state index contributed by atoms with van der Waals surface area (Å²) in [5.41, 5.74) is 7.86. The van der Waals surface area contributed by atoms with Crippen LogP contribution in [-0.4, -0.2) is 14.7 Å². The number of fused-ring (bicyclic) bond motifs is 1. The van der Waals surface area contributed by atoms with Gasteiger partial charge in [0.25, 0.3) is 0 Å². The van der Waals surface area contributed by atoms with E-state index in [1.54, 1.807) is 0 Å². The van der Waals surface area contributed by atoms with Gasteiger partial charge in [0.05, 0.1) is 11.0 Å². The third kappa shape index (κ3) is 3.05. The Hall–Kier alpha value is -2.13. The van der Waals surface area contributed by atoms with Gasteiger partial charge in [0.2, 0.25) is 0 Å². The Balaban J connectivity index is 2.18. The summed E-state index contributed by atoms with van der Waals surface area (Å²) in [5.74, 6) is 1.23. The first-order chi connectivity index (χ1) is 12.4. The van der Waals surface area contributed by atoms with Crippen LogP contribution in [0.4, 0.5) is 0 Å². The minimum atomic E-state index is -0.720. The van der Waals surface area contributed by atoms with E-state index in [-0.39, 0.29) is 0 Å². The van der Waals surface area contributed by atoms with Crippen molar-refractivity contribution in [3.8, 4) is 0 Å². The second kappa shape index (κ2) is 7.24. The van der Waals surface area contributed by atoms with Crippen molar-refractivity contribution < 1.29 is 5.11 Å². The lowest BCUT2D eigenvalue weighted by atomic mass is 9.93. The lowest BCUT2D eigenvalue weighted by molar-refractivity contribution is 0.205. The number of aliphatic hydroxyl groups excluding tert-OH is 1. The molecule has 3 nitrogen and oxygen atoms in total. The highest BCUT2D eigenvalue weighted by molar-refractivity contribution is 5.80. The Kier molecular flexibility index (Phi) is 5.19. The van der Waals surface area contributed by atoms with Crippen LogP contribution in [0.15, 0.2) is 30.3 Å². The molecule has 0 saturated heterocycles. The zero-order valence-electron chi connectivity index (χ0n) is 16.8. The second-order valence-corrected chi connectivity index (χ2v) is 7.47. The second-order valence-electron chi connectivity index (χ2n) is 7.47. The number of para-hydroxylation sites is 1. The van der Waals surface area contributed by atoms with Crippen molar-refractivity contribution in [2.45, 2.75) is 59.5 Å². The van der Waals surface area contributed by atoms with E-state index < -0.39 is 6.10 Å². The summed E-state index contributed by atoms with van der Waals surface area (Å²) in [7, 11) is 2.03. The molecule has 0 radical (unpaired) electrons. The summed E-state index contributed by atoms with van der Waals surface area (Å²) in [6, 6.07) is 10.6. The molecule has 0 amide bonds. The van der Waals surface area contributed by atoms with Gasteiger partial charge in [-0.25, -0.2) is 4.98 Å². The Morgan fingerprint density at radius 2 is 1.65 bits per heavy atom. The van der Waals surface area contributed by atoms with Gasteiger partial charge in [0, 0.05) is 7.05 Å². The van der Waals surface area contributed by atoms with Gasteiger partial charge in [-0.3, -0.25) is 0 Å². The molecule has 0 aliphatic heterocycles. The smallest absolute Gasteiger partial charge is 0.143 e. The Morgan fingerprint density at radius 1 is 1.04 bits per heavy atom. The van der Waals surface area contributed by atoms with Crippen LogP contribution in [0, 0.1) is 20.8 Å². The predicted octanol–water partition coefficient (Wildman–Crippen LogP) is 5.48. The van der Waals surface area contributed by atoms with E-state index in [1.807, 2.05) is 13.1 Å². The molecule has 1 heterocycles. The maximum absolute atomic E-state index is 11.2. The number of aromatic nitrogens is 2. The van der Waals surface area contributed by atoms with Crippen LogP contribution in [0.25, 0.3) is 11.0 Å². The van der Waals surface area contributed by atoms with Gasteiger partial charge in [-0.15, -0.1) is 0 Å². The standard InChI is InChI=1S/C23H30N2O/c1-7-17(8-2)18-10-9-11-19-21(18)25(6)23(24-19)22(26)20-15(4)12-14(3)13-16(20)5/h9-13,17,22,26H,7-8H2,1-6H3. The van der Waals surface area contributed by atoms with Crippen molar-refractivity contribution in [1.82, 2.24) is 9.55 Å². The highest BCUT2D eigenvalue weighted by atomic mass is 16.3. The molecule has 2 aromatic carbocycles. The van der Waals surface area contributed by atoms with Crippen LogP contribution in [0.2, 0.25) is 0 Å². The maximum atomic E-state index is 11.2. The summed E-state index contributed by atoms with van der Waals surface area (Å²) in [6.45, 7) is 10.7. The zero-order chi connectivity index (χ0) is 19.0. The summed E-state index contributed by atoms with van der Waals surface area (Å²) in [6.07, 6.45) is 1.49. The fourth-order valence-electron chi connectivity index (χ4n) is 4.37. The van der Waals surface area contributed by atoms with E-state index in [9.17, 15) is 5.11 Å². The van der Waals surface area contributed by atoms with E-state index in [0.29, 0.717) is 11.7 Å². The van der Waals surface area contributed by atoms with Crippen molar-refractivity contribution in [2.75, 3.05) is 0 Å². The van der Waals surface area contributed by atoms with Crippen molar-refractivity contribution >= 4 is 11.0 Å². The van der Waals surface area contributed by atoms with Gasteiger partial charge in [0.1, 0.15) is 11.9 Å². The van der Waals surface area contributed by atoms with Gasteiger partial charge in [-0.2, -0.15) is 0 Å². The topological polar surface area (TPSA) is 38.1 Å². The molecular formula is C23H30N2O. The fourth-order valence-corrected chi connectivity index (χ4v) is 4.37. The molecule has 0 fully saturated rings. The predicted molar refractivity (Wildman–Crippen MR) is 109 cm³/mol. The molecule has 26 heavy (non-hydrogen) atoms. The van der Waals surface area contributed by atoms with Crippen molar-refractivity contribution in [1.29, 1.82) is 0 Å². The van der Waals surface area contributed by atoms with Gasteiger partial charge < -0.3 is 9.67 Å². The van der Waals surface area contributed by atoms with Gasteiger partial charge in [-0.05, 0) is 67.9 Å². The molecule has 0 saturated carbocycles. The first-order valence-corrected chi connectivity index (χ1v) is 9.60. The van der Waals surface area contributed by atoms with E-state index in [0.717, 1.165) is 40.6 Å². The molecule has 0 spiro atoms. The lowest BCUT2D eigenvalue weighted by Gasteiger charge is -2.18. The van der Waals surface area contributed by atoms with Crippen LogP contribution >= 0.6 is 0 Å². The monoisotopic (exact) mass is 350 g/mol. The number of imidazole rings is 1. The third-order valence-corrected chi connectivity index (χ3v) is 5.64. The largest absolute Gasteiger partial charge is 0.380 e. The van der Waals surface area contributed by atoms with Crippen LogP contribution in [0.5, 0.6) is 0 Å². The molecule has 0 aliphatic carbocycles. The SMILES string of the molecule is CCC(CC)c1cccc2nc(C(O)c3c(C)cc(C)cc3C)n(C)c12. The highest BCUT2D eigenvalue weighted by Gasteiger charge is 2.23. The molecule has 3 aromatic rings. The van der Waals surface area contributed by atoms with Crippen LogP contribution < -0.4 is 0 Å². The number of aryl methyl sites for hydroxylation is 4. The average Bonchev–Trinajstić information content (AvgIpc) is 2.93. The molecular weight excluding hydrogens is 320 g/mol. The maximum Gasteiger partial charge on any atom is 0.143 e. The minimum absolute atomic E-state index is 0.516. The van der Waals surface area contributed by atoms with Crippen molar-refractivity contribution in [2.24, 2.45) is 7.05 Å². The van der Waals surface area contributed by atoms with Crippen molar-refractivity contribution in [3.05, 3.63) is 64.0 Å². The van der Waals surface area contributed by atoms with Crippen LogP contribution in [-0.2, 0) is 7.05 Å². The lowest BCUT2D eigenvalue weighted by Crippen LogP contribution is -2.11. The summed E-state index contributed by atoms with van der Waals surface area (Å²) in [4.78, 5) is 4.82. The molecule has 3 heteroatoms. The highest BCUT2D eigenvalue weighted by Crippen LogP contribution is 2.34. The Morgan fingerprint density at radius 3 is 2.23 bits per heavy atom. The number of hydrogen-bond acceptors (Lipinski definition) is 2. The summed E-state index contributed by atoms with van der Waals surface area (Å²) < 4.78 is 2.09. The van der Waals surface area contributed by atoms with E-state index in [4.69, 9.17) is 4.98 Å². The normalized spacial score (nSPS) is 12.9. The summed E-state index contributed by atoms with van der Waals surface area (Å²) in [5, 5.41) is 11.2. The number of hydrogen-bond donors (Lipinski definition) is 1.